The normalized spacial score (nSPS) is 9.64. The third-order valence-corrected chi connectivity index (χ3v) is 1.88. The summed E-state index contributed by atoms with van der Waals surface area (Å²) in [6.45, 7) is 12.1. The molecule has 0 radical (unpaired) electrons. The maximum atomic E-state index is 3.97. The van der Waals surface area contributed by atoms with Crippen molar-refractivity contribution >= 4 is 0 Å². The monoisotopic (exact) mass is 152 g/mol. The summed E-state index contributed by atoms with van der Waals surface area (Å²) in [5.74, 6) is 0. The van der Waals surface area contributed by atoms with E-state index in [1.165, 1.54) is 36.8 Å². The Labute approximate surface area is 71.0 Å². The average Bonchev–Trinajstić information content (AvgIpc) is 1.97. The van der Waals surface area contributed by atoms with Gasteiger partial charge in [0.2, 0.25) is 0 Å². The van der Waals surface area contributed by atoms with Crippen molar-refractivity contribution in [2.45, 2.75) is 46.0 Å². The van der Waals surface area contributed by atoms with E-state index < -0.39 is 0 Å². The van der Waals surface area contributed by atoms with E-state index in [0.717, 1.165) is 6.42 Å². The Kier molecular flexibility index (Phi) is 5.91. The molecule has 0 saturated heterocycles. The first-order valence-electron chi connectivity index (χ1n) is 4.47. The van der Waals surface area contributed by atoms with Crippen LogP contribution >= 0.6 is 0 Å². The predicted octanol–water partition coefficient (Wildman–Crippen LogP) is 4.09. The highest BCUT2D eigenvalue weighted by Gasteiger charge is 1.91. The highest BCUT2D eigenvalue weighted by molar-refractivity contribution is 4.93. The third kappa shape index (κ3) is 7.38. The number of rotatable bonds is 6. The third-order valence-electron chi connectivity index (χ3n) is 1.88. The molecule has 11 heavy (non-hydrogen) atoms. The van der Waals surface area contributed by atoms with Gasteiger partial charge in [-0.3, -0.25) is 0 Å². The van der Waals surface area contributed by atoms with Gasteiger partial charge in [-0.05, 0) is 39.0 Å². The molecule has 0 spiro atoms. The summed E-state index contributed by atoms with van der Waals surface area (Å²) in [4.78, 5) is 0. The summed E-state index contributed by atoms with van der Waals surface area (Å²) in [7, 11) is 0. The van der Waals surface area contributed by atoms with Crippen molar-refractivity contribution in [1.29, 1.82) is 0 Å². The van der Waals surface area contributed by atoms with Crippen LogP contribution in [0.4, 0.5) is 0 Å². The number of allylic oxidation sites excluding steroid dienone is 2. The van der Waals surface area contributed by atoms with Crippen LogP contribution < -0.4 is 0 Å². The molecule has 0 rings (SSSR count). The van der Waals surface area contributed by atoms with E-state index >= 15 is 0 Å². The lowest BCUT2D eigenvalue weighted by Gasteiger charge is -2.01. The molecular weight excluding hydrogens is 132 g/mol. The maximum Gasteiger partial charge on any atom is -0.0323 e. The molecular formula is C11H20. The molecule has 0 fully saturated rings. The van der Waals surface area contributed by atoms with Gasteiger partial charge in [0.05, 0.1) is 0 Å². The Bertz CT molecular complexity index is 131. The lowest BCUT2D eigenvalue weighted by Crippen LogP contribution is -1.81. The second-order valence-corrected chi connectivity index (χ2v) is 3.27. The Balaban J connectivity index is 3.14. The fourth-order valence-corrected chi connectivity index (χ4v) is 0.979. The van der Waals surface area contributed by atoms with Crippen LogP contribution in [0.3, 0.4) is 0 Å². The molecule has 0 aromatic rings. The van der Waals surface area contributed by atoms with E-state index in [-0.39, 0.29) is 0 Å². The minimum Gasteiger partial charge on any atom is -0.100 e. The molecule has 0 N–H and O–H groups in total. The highest BCUT2D eigenvalue weighted by atomic mass is 14.0. The highest BCUT2D eigenvalue weighted by Crippen LogP contribution is 2.11. The largest absolute Gasteiger partial charge is 0.100 e. The van der Waals surface area contributed by atoms with Gasteiger partial charge in [-0.1, -0.05) is 24.6 Å². The van der Waals surface area contributed by atoms with Crippen LogP contribution in [0.5, 0.6) is 0 Å². The molecule has 0 saturated carbocycles. The molecule has 0 bridgehead atoms. The smallest absolute Gasteiger partial charge is 0.0323 e. The maximum absolute atomic E-state index is 3.97. The first kappa shape index (κ1) is 10.5. The van der Waals surface area contributed by atoms with Crippen LogP contribution in [0.15, 0.2) is 24.3 Å². The van der Waals surface area contributed by atoms with E-state index in [2.05, 4.69) is 27.0 Å². The summed E-state index contributed by atoms with van der Waals surface area (Å²) in [6, 6.07) is 0. The van der Waals surface area contributed by atoms with E-state index in [9.17, 15) is 0 Å². The average molecular weight is 152 g/mol. The Hall–Kier alpha value is -0.520. The zero-order chi connectivity index (χ0) is 8.69. The molecule has 0 atom stereocenters. The summed E-state index contributed by atoms with van der Waals surface area (Å²) >= 11 is 0. The van der Waals surface area contributed by atoms with Gasteiger partial charge in [0.1, 0.15) is 0 Å². The van der Waals surface area contributed by atoms with Crippen LogP contribution in [0, 0.1) is 0 Å². The van der Waals surface area contributed by atoms with E-state index in [0.29, 0.717) is 0 Å². The van der Waals surface area contributed by atoms with E-state index in [4.69, 9.17) is 0 Å². The van der Waals surface area contributed by atoms with Crippen molar-refractivity contribution in [3.8, 4) is 0 Å². The molecule has 0 heterocycles. The first-order chi connectivity index (χ1) is 5.16. The molecule has 0 aromatic heterocycles. The molecule has 0 aliphatic heterocycles. The van der Waals surface area contributed by atoms with Crippen LogP contribution in [-0.2, 0) is 0 Å². The van der Waals surface area contributed by atoms with Gasteiger partial charge in [-0.25, -0.2) is 0 Å². The van der Waals surface area contributed by atoms with Crippen molar-refractivity contribution in [3.63, 3.8) is 0 Å². The Morgan fingerprint density at radius 3 is 2.09 bits per heavy atom. The minimum atomic E-state index is 1.13. The molecule has 0 heteroatoms. The zero-order valence-corrected chi connectivity index (χ0v) is 7.95. The van der Waals surface area contributed by atoms with Gasteiger partial charge in [-0.15, -0.1) is 6.58 Å². The van der Waals surface area contributed by atoms with Crippen LogP contribution in [0.1, 0.15) is 46.0 Å². The van der Waals surface area contributed by atoms with Crippen LogP contribution in [0.25, 0.3) is 0 Å². The second kappa shape index (κ2) is 6.21. The van der Waals surface area contributed by atoms with Crippen molar-refractivity contribution in [2.24, 2.45) is 0 Å². The SMILES string of the molecule is C=C(C)CCCCC(=C)CC. The summed E-state index contributed by atoms with van der Waals surface area (Å²) in [5, 5.41) is 0. The van der Waals surface area contributed by atoms with E-state index in [1.54, 1.807) is 0 Å². The fourth-order valence-electron chi connectivity index (χ4n) is 0.979. The van der Waals surface area contributed by atoms with Gasteiger partial charge >= 0.3 is 0 Å². The standard InChI is InChI=1S/C11H20/c1-5-11(4)9-7-6-8-10(2)3/h2,4-9H2,1,3H3. The Morgan fingerprint density at radius 2 is 1.64 bits per heavy atom. The lowest BCUT2D eigenvalue weighted by molar-refractivity contribution is 0.715. The zero-order valence-electron chi connectivity index (χ0n) is 7.95. The quantitative estimate of drug-likeness (QED) is 0.397. The van der Waals surface area contributed by atoms with Crippen LogP contribution in [-0.4, -0.2) is 0 Å². The lowest BCUT2D eigenvalue weighted by atomic mass is 10.1. The number of unbranched alkanes of at least 4 members (excludes halogenated alkanes) is 1. The van der Waals surface area contributed by atoms with Crippen molar-refractivity contribution in [1.82, 2.24) is 0 Å². The molecule has 64 valence electrons. The topological polar surface area (TPSA) is 0 Å². The number of hydrogen-bond donors (Lipinski definition) is 0. The Morgan fingerprint density at radius 1 is 1.09 bits per heavy atom. The van der Waals surface area contributed by atoms with Gasteiger partial charge in [0, 0.05) is 0 Å². The van der Waals surface area contributed by atoms with Gasteiger partial charge < -0.3 is 0 Å². The summed E-state index contributed by atoms with van der Waals surface area (Å²) in [5.41, 5.74) is 2.68. The first-order valence-corrected chi connectivity index (χ1v) is 4.47. The van der Waals surface area contributed by atoms with Gasteiger partial charge in [0.25, 0.3) is 0 Å². The molecule has 0 aliphatic carbocycles. The van der Waals surface area contributed by atoms with Crippen molar-refractivity contribution in [3.05, 3.63) is 24.3 Å². The van der Waals surface area contributed by atoms with E-state index in [1.807, 2.05) is 0 Å². The molecule has 0 aromatic carbocycles. The fraction of sp³-hybridized carbons (Fsp3) is 0.636. The molecule has 0 nitrogen and oxygen atoms in total. The van der Waals surface area contributed by atoms with Crippen molar-refractivity contribution < 1.29 is 0 Å². The second-order valence-electron chi connectivity index (χ2n) is 3.27. The molecule has 0 unspecified atom stereocenters. The van der Waals surface area contributed by atoms with Gasteiger partial charge in [-0.2, -0.15) is 0 Å². The predicted molar refractivity (Wildman–Crippen MR) is 52.7 cm³/mol. The minimum absolute atomic E-state index is 1.13. The molecule has 0 aliphatic rings. The van der Waals surface area contributed by atoms with Crippen LogP contribution in [0.2, 0.25) is 0 Å². The number of hydrogen-bond acceptors (Lipinski definition) is 0. The molecule has 0 amide bonds. The summed E-state index contributed by atoms with van der Waals surface area (Å²) < 4.78 is 0. The summed E-state index contributed by atoms with van der Waals surface area (Å²) in [6.07, 6.45) is 6.06. The van der Waals surface area contributed by atoms with Gasteiger partial charge in [0.15, 0.2) is 0 Å². The van der Waals surface area contributed by atoms with Crippen molar-refractivity contribution in [2.75, 3.05) is 0 Å².